The first-order valence-electron chi connectivity index (χ1n) is 6.60. The topological polar surface area (TPSA) is 42.5 Å². The second-order valence-electron chi connectivity index (χ2n) is 4.58. The number of ether oxygens (including phenoxy) is 2. The number of methoxy groups -OCH3 is 2. The molecule has 116 valence electrons. The SMILES string of the molecule is COc1cc(C)c(NC(=S)Nc2ccccc2F)cc1OC. The number of benzene rings is 2. The molecule has 6 heteroatoms. The van der Waals surface area contributed by atoms with Gasteiger partial charge in [-0.05, 0) is 42.9 Å². The molecule has 0 amide bonds. The maximum absolute atomic E-state index is 13.6. The van der Waals surface area contributed by atoms with Crippen LogP contribution in [0, 0.1) is 12.7 Å². The van der Waals surface area contributed by atoms with Crippen molar-refractivity contribution in [3.05, 3.63) is 47.8 Å². The Labute approximate surface area is 134 Å². The van der Waals surface area contributed by atoms with E-state index in [9.17, 15) is 4.39 Å². The van der Waals surface area contributed by atoms with Crippen LogP contribution in [-0.4, -0.2) is 19.3 Å². The summed E-state index contributed by atoms with van der Waals surface area (Å²) in [5, 5.41) is 6.15. The molecule has 0 atom stereocenters. The Hall–Kier alpha value is -2.34. The fourth-order valence-electron chi connectivity index (χ4n) is 1.95. The fraction of sp³-hybridized carbons (Fsp3) is 0.188. The van der Waals surface area contributed by atoms with Crippen molar-refractivity contribution in [2.75, 3.05) is 24.9 Å². The minimum absolute atomic E-state index is 0.292. The molecule has 0 unspecified atom stereocenters. The van der Waals surface area contributed by atoms with Gasteiger partial charge in [0.15, 0.2) is 16.6 Å². The molecule has 4 nitrogen and oxygen atoms in total. The molecule has 0 fully saturated rings. The van der Waals surface area contributed by atoms with Gasteiger partial charge in [-0.15, -0.1) is 0 Å². The molecule has 0 aliphatic heterocycles. The Morgan fingerprint density at radius 3 is 2.23 bits per heavy atom. The third-order valence-corrected chi connectivity index (χ3v) is 3.30. The number of halogens is 1. The molecular weight excluding hydrogens is 303 g/mol. The van der Waals surface area contributed by atoms with Gasteiger partial charge in [0.25, 0.3) is 0 Å². The quantitative estimate of drug-likeness (QED) is 0.835. The molecule has 22 heavy (non-hydrogen) atoms. The molecule has 0 saturated carbocycles. The first-order chi connectivity index (χ1) is 10.5. The van der Waals surface area contributed by atoms with Gasteiger partial charge in [-0.1, -0.05) is 12.1 Å². The largest absolute Gasteiger partial charge is 0.493 e. The summed E-state index contributed by atoms with van der Waals surface area (Å²) in [4.78, 5) is 0. The standard InChI is InChI=1S/C16H17FN2O2S/c1-10-8-14(20-2)15(21-3)9-13(10)19-16(22)18-12-7-5-4-6-11(12)17/h4-9H,1-3H3,(H2,18,19,22). The van der Waals surface area contributed by atoms with Crippen LogP contribution in [0.5, 0.6) is 11.5 Å². The van der Waals surface area contributed by atoms with E-state index in [0.717, 1.165) is 11.3 Å². The van der Waals surface area contributed by atoms with Gasteiger partial charge in [-0.25, -0.2) is 4.39 Å². The van der Waals surface area contributed by atoms with E-state index in [2.05, 4.69) is 10.6 Å². The Balaban J connectivity index is 2.16. The Morgan fingerprint density at radius 1 is 1.00 bits per heavy atom. The van der Waals surface area contributed by atoms with E-state index in [1.807, 2.05) is 13.0 Å². The van der Waals surface area contributed by atoms with E-state index in [-0.39, 0.29) is 5.82 Å². The van der Waals surface area contributed by atoms with Crippen LogP contribution in [0.15, 0.2) is 36.4 Å². The summed E-state index contributed by atoms with van der Waals surface area (Å²) in [5.74, 6) is 0.860. The van der Waals surface area contributed by atoms with E-state index in [1.54, 1.807) is 38.5 Å². The lowest BCUT2D eigenvalue weighted by Crippen LogP contribution is -2.20. The van der Waals surface area contributed by atoms with Crippen LogP contribution in [0.4, 0.5) is 15.8 Å². The van der Waals surface area contributed by atoms with Crippen LogP contribution in [0.25, 0.3) is 0 Å². The second-order valence-corrected chi connectivity index (χ2v) is 4.99. The van der Waals surface area contributed by atoms with Gasteiger partial charge in [-0.2, -0.15) is 0 Å². The van der Waals surface area contributed by atoms with E-state index >= 15 is 0 Å². The summed E-state index contributed by atoms with van der Waals surface area (Å²) in [6, 6.07) is 9.96. The van der Waals surface area contributed by atoms with Crippen molar-refractivity contribution in [2.45, 2.75) is 6.92 Å². The highest BCUT2D eigenvalue weighted by Gasteiger charge is 2.10. The van der Waals surface area contributed by atoms with Crippen molar-refractivity contribution < 1.29 is 13.9 Å². The summed E-state index contributed by atoms with van der Waals surface area (Å²) in [6.45, 7) is 1.91. The highest BCUT2D eigenvalue weighted by Crippen LogP contribution is 2.33. The average molecular weight is 320 g/mol. The lowest BCUT2D eigenvalue weighted by molar-refractivity contribution is 0.355. The number of para-hydroxylation sites is 1. The first-order valence-corrected chi connectivity index (χ1v) is 7.01. The van der Waals surface area contributed by atoms with E-state index in [0.29, 0.717) is 22.3 Å². The van der Waals surface area contributed by atoms with E-state index in [1.165, 1.54) is 6.07 Å². The summed E-state index contributed by atoms with van der Waals surface area (Å²) in [5.41, 5.74) is 2.00. The zero-order chi connectivity index (χ0) is 16.1. The molecule has 0 saturated heterocycles. The summed E-state index contributed by atoms with van der Waals surface area (Å²) in [6.07, 6.45) is 0. The number of aryl methyl sites for hydroxylation is 1. The van der Waals surface area contributed by atoms with Gasteiger partial charge in [0.1, 0.15) is 5.82 Å². The minimum atomic E-state index is -0.365. The third-order valence-electron chi connectivity index (χ3n) is 3.10. The predicted molar refractivity (Wildman–Crippen MR) is 90.5 cm³/mol. The van der Waals surface area contributed by atoms with Crippen molar-refractivity contribution in [3.63, 3.8) is 0 Å². The van der Waals surface area contributed by atoms with Gasteiger partial charge in [-0.3, -0.25) is 0 Å². The lowest BCUT2D eigenvalue weighted by atomic mass is 10.1. The van der Waals surface area contributed by atoms with Gasteiger partial charge < -0.3 is 20.1 Å². The smallest absolute Gasteiger partial charge is 0.175 e. The molecule has 0 aliphatic carbocycles. The lowest BCUT2D eigenvalue weighted by Gasteiger charge is -2.16. The molecule has 2 aromatic carbocycles. The molecule has 0 aromatic heterocycles. The number of anilines is 2. The molecule has 0 heterocycles. The van der Waals surface area contributed by atoms with Crippen molar-refractivity contribution >= 4 is 28.7 Å². The zero-order valence-electron chi connectivity index (χ0n) is 12.6. The maximum atomic E-state index is 13.6. The molecule has 2 N–H and O–H groups in total. The van der Waals surface area contributed by atoms with Crippen molar-refractivity contribution in [2.24, 2.45) is 0 Å². The highest BCUT2D eigenvalue weighted by molar-refractivity contribution is 7.80. The molecular formula is C16H17FN2O2S. The van der Waals surface area contributed by atoms with Crippen LogP contribution in [0.1, 0.15) is 5.56 Å². The minimum Gasteiger partial charge on any atom is -0.493 e. The van der Waals surface area contributed by atoms with Gasteiger partial charge in [0.2, 0.25) is 0 Å². The molecule has 0 aliphatic rings. The molecule has 2 rings (SSSR count). The number of hydrogen-bond donors (Lipinski definition) is 2. The van der Waals surface area contributed by atoms with Crippen molar-refractivity contribution in [1.82, 2.24) is 0 Å². The molecule has 2 aromatic rings. The number of hydrogen-bond acceptors (Lipinski definition) is 3. The maximum Gasteiger partial charge on any atom is 0.175 e. The Bertz CT molecular complexity index is 692. The number of nitrogens with one attached hydrogen (secondary N) is 2. The van der Waals surface area contributed by atoms with Crippen LogP contribution in [0.2, 0.25) is 0 Å². The summed E-state index contributed by atoms with van der Waals surface area (Å²) < 4.78 is 24.1. The van der Waals surface area contributed by atoms with Crippen molar-refractivity contribution in [1.29, 1.82) is 0 Å². The predicted octanol–water partition coefficient (Wildman–Crippen LogP) is 3.96. The molecule has 0 bridgehead atoms. The summed E-state index contributed by atoms with van der Waals surface area (Å²) in [7, 11) is 3.14. The van der Waals surface area contributed by atoms with Crippen molar-refractivity contribution in [3.8, 4) is 11.5 Å². The van der Waals surface area contributed by atoms with E-state index in [4.69, 9.17) is 21.7 Å². The number of thiocarbonyl (C=S) groups is 1. The first kappa shape index (κ1) is 16.0. The second kappa shape index (κ2) is 7.09. The summed E-state index contributed by atoms with van der Waals surface area (Å²) >= 11 is 5.22. The zero-order valence-corrected chi connectivity index (χ0v) is 13.4. The Kier molecular flexibility index (Phi) is 5.16. The van der Waals surface area contributed by atoms with Crippen LogP contribution in [0.3, 0.4) is 0 Å². The fourth-order valence-corrected chi connectivity index (χ4v) is 2.17. The normalized spacial score (nSPS) is 10.0. The van der Waals surface area contributed by atoms with E-state index < -0.39 is 0 Å². The van der Waals surface area contributed by atoms with Gasteiger partial charge >= 0.3 is 0 Å². The highest BCUT2D eigenvalue weighted by atomic mass is 32.1. The Morgan fingerprint density at radius 2 is 1.59 bits per heavy atom. The van der Waals surface area contributed by atoms with Crippen LogP contribution < -0.4 is 20.1 Å². The average Bonchev–Trinajstić information content (AvgIpc) is 2.51. The monoisotopic (exact) mass is 320 g/mol. The van der Waals surface area contributed by atoms with Crippen LogP contribution >= 0.6 is 12.2 Å². The number of rotatable bonds is 4. The molecule has 0 spiro atoms. The molecule has 0 radical (unpaired) electrons. The van der Waals surface area contributed by atoms with Gasteiger partial charge in [0.05, 0.1) is 19.9 Å². The van der Waals surface area contributed by atoms with Crippen LogP contribution in [-0.2, 0) is 0 Å². The van der Waals surface area contributed by atoms with Gasteiger partial charge in [0, 0.05) is 11.8 Å². The third kappa shape index (κ3) is 3.65.